The topological polar surface area (TPSA) is 53.6 Å². The maximum absolute atomic E-state index is 4.38. The van der Waals surface area contributed by atoms with Crippen molar-refractivity contribution in [1.82, 2.24) is 20.5 Å². The standard InChI is InChI=1S/C10H20N4/c1-4-6-9-12-10(14-13-9)7-11-8(3)5-2/h8,11H,4-7H2,1-3H3,(H,12,13,14). The zero-order valence-electron chi connectivity index (χ0n) is 9.30. The molecule has 1 aromatic heterocycles. The van der Waals surface area contributed by atoms with Gasteiger partial charge in [0.15, 0.2) is 5.82 Å². The summed E-state index contributed by atoms with van der Waals surface area (Å²) in [4.78, 5) is 4.38. The second-order valence-corrected chi connectivity index (χ2v) is 3.64. The molecule has 1 atom stereocenters. The minimum absolute atomic E-state index is 0.537. The van der Waals surface area contributed by atoms with Crippen molar-refractivity contribution >= 4 is 0 Å². The van der Waals surface area contributed by atoms with Gasteiger partial charge in [-0.2, -0.15) is 5.10 Å². The third kappa shape index (κ3) is 3.46. The summed E-state index contributed by atoms with van der Waals surface area (Å²) in [6.07, 6.45) is 3.19. The summed E-state index contributed by atoms with van der Waals surface area (Å²) in [5, 5.41) is 10.5. The van der Waals surface area contributed by atoms with E-state index >= 15 is 0 Å². The Labute approximate surface area is 85.5 Å². The summed E-state index contributed by atoms with van der Waals surface area (Å²) in [7, 11) is 0. The Bertz CT molecular complexity index is 256. The van der Waals surface area contributed by atoms with Gasteiger partial charge in [-0.15, -0.1) is 0 Å². The van der Waals surface area contributed by atoms with Crippen LogP contribution in [0, 0.1) is 0 Å². The molecule has 0 saturated heterocycles. The summed E-state index contributed by atoms with van der Waals surface area (Å²) in [6, 6.07) is 0.537. The van der Waals surface area contributed by atoms with E-state index in [9.17, 15) is 0 Å². The minimum atomic E-state index is 0.537. The molecule has 0 amide bonds. The van der Waals surface area contributed by atoms with Crippen LogP contribution in [0.1, 0.15) is 45.3 Å². The third-order valence-electron chi connectivity index (χ3n) is 2.28. The van der Waals surface area contributed by atoms with Crippen LogP contribution in [0.2, 0.25) is 0 Å². The first kappa shape index (κ1) is 11.2. The molecular weight excluding hydrogens is 176 g/mol. The Morgan fingerprint density at radius 2 is 2.21 bits per heavy atom. The molecule has 1 rings (SSSR count). The van der Waals surface area contributed by atoms with Crippen LogP contribution >= 0.6 is 0 Å². The molecule has 0 aromatic carbocycles. The molecule has 0 bridgehead atoms. The SMILES string of the molecule is CCCc1n[nH]c(CNC(C)CC)n1. The average Bonchev–Trinajstić information content (AvgIpc) is 2.63. The van der Waals surface area contributed by atoms with Gasteiger partial charge in [-0.05, 0) is 19.8 Å². The molecule has 2 N–H and O–H groups in total. The van der Waals surface area contributed by atoms with E-state index in [1.54, 1.807) is 0 Å². The van der Waals surface area contributed by atoms with Crippen LogP contribution in [-0.2, 0) is 13.0 Å². The Morgan fingerprint density at radius 3 is 2.86 bits per heavy atom. The molecule has 0 spiro atoms. The fourth-order valence-electron chi connectivity index (χ4n) is 1.16. The van der Waals surface area contributed by atoms with Gasteiger partial charge < -0.3 is 5.32 Å². The number of aryl methyl sites for hydroxylation is 1. The molecule has 4 heteroatoms. The van der Waals surface area contributed by atoms with Gasteiger partial charge in [-0.25, -0.2) is 4.98 Å². The van der Waals surface area contributed by atoms with E-state index in [1.807, 2.05) is 0 Å². The lowest BCUT2D eigenvalue weighted by atomic mass is 10.2. The van der Waals surface area contributed by atoms with Crippen LogP contribution in [0.5, 0.6) is 0 Å². The van der Waals surface area contributed by atoms with Gasteiger partial charge in [0.2, 0.25) is 0 Å². The van der Waals surface area contributed by atoms with Crippen LogP contribution in [0.3, 0.4) is 0 Å². The molecule has 4 nitrogen and oxygen atoms in total. The Kier molecular flexibility index (Phi) is 4.59. The maximum atomic E-state index is 4.38. The fraction of sp³-hybridized carbons (Fsp3) is 0.800. The van der Waals surface area contributed by atoms with Gasteiger partial charge in [-0.3, -0.25) is 5.10 Å². The van der Waals surface area contributed by atoms with E-state index in [0.29, 0.717) is 6.04 Å². The number of aromatic amines is 1. The molecule has 1 heterocycles. The molecule has 1 unspecified atom stereocenters. The monoisotopic (exact) mass is 196 g/mol. The van der Waals surface area contributed by atoms with E-state index < -0.39 is 0 Å². The number of nitrogens with one attached hydrogen (secondary N) is 2. The number of hydrogen-bond donors (Lipinski definition) is 2. The molecule has 0 fully saturated rings. The van der Waals surface area contributed by atoms with E-state index in [1.165, 1.54) is 0 Å². The zero-order valence-corrected chi connectivity index (χ0v) is 9.30. The Hall–Kier alpha value is -0.900. The molecular formula is C10H20N4. The van der Waals surface area contributed by atoms with Gasteiger partial charge in [-0.1, -0.05) is 13.8 Å². The minimum Gasteiger partial charge on any atom is -0.307 e. The van der Waals surface area contributed by atoms with Gasteiger partial charge >= 0.3 is 0 Å². The normalized spacial score (nSPS) is 13.1. The van der Waals surface area contributed by atoms with Crippen molar-refractivity contribution in [3.63, 3.8) is 0 Å². The number of hydrogen-bond acceptors (Lipinski definition) is 3. The second-order valence-electron chi connectivity index (χ2n) is 3.64. The number of H-pyrrole nitrogens is 1. The summed E-state index contributed by atoms with van der Waals surface area (Å²) in [5.74, 6) is 1.86. The van der Waals surface area contributed by atoms with Crippen LogP contribution in [0.15, 0.2) is 0 Å². The lowest BCUT2D eigenvalue weighted by Gasteiger charge is -2.08. The van der Waals surface area contributed by atoms with Crippen molar-refractivity contribution in [2.24, 2.45) is 0 Å². The highest BCUT2D eigenvalue weighted by atomic mass is 15.2. The average molecular weight is 196 g/mol. The number of rotatable bonds is 6. The van der Waals surface area contributed by atoms with Gasteiger partial charge in [0.1, 0.15) is 5.82 Å². The fourth-order valence-corrected chi connectivity index (χ4v) is 1.16. The van der Waals surface area contributed by atoms with Gasteiger partial charge in [0.05, 0.1) is 6.54 Å². The molecule has 0 aliphatic rings. The van der Waals surface area contributed by atoms with E-state index in [4.69, 9.17) is 0 Å². The Balaban J connectivity index is 2.35. The summed E-state index contributed by atoms with van der Waals surface area (Å²) >= 11 is 0. The molecule has 0 radical (unpaired) electrons. The number of nitrogens with zero attached hydrogens (tertiary/aromatic N) is 2. The van der Waals surface area contributed by atoms with Crippen molar-refractivity contribution in [3.8, 4) is 0 Å². The first-order chi connectivity index (χ1) is 6.76. The van der Waals surface area contributed by atoms with Gasteiger partial charge in [0, 0.05) is 12.5 Å². The van der Waals surface area contributed by atoms with Crippen LogP contribution in [-0.4, -0.2) is 21.2 Å². The van der Waals surface area contributed by atoms with E-state index in [-0.39, 0.29) is 0 Å². The molecule has 0 aliphatic heterocycles. The van der Waals surface area contributed by atoms with E-state index in [2.05, 4.69) is 41.3 Å². The highest BCUT2D eigenvalue weighted by molar-refractivity contribution is 4.90. The molecule has 0 saturated carbocycles. The zero-order chi connectivity index (χ0) is 10.4. The summed E-state index contributed by atoms with van der Waals surface area (Å²) < 4.78 is 0. The van der Waals surface area contributed by atoms with Crippen LogP contribution in [0.4, 0.5) is 0 Å². The second kappa shape index (κ2) is 5.75. The molecule has 0 aliphatic carbocycles. The van der Waals surface area contributed by atoms with Crippen molar-refractivity contribution in [2.45, 2.75) is 52.6 Å². The maximum Gasteiger partial charge on any atom is 0.150 e. The lowest BCUT2D eigenvalue weighted by Crippen LogP contribution is -2.24. The Morgan fingerprint density at radius 1 is 1.43 bits per heavy atom. The largest absolute Gasteiger partial charge is 0.307 e. The summed E-state index contributed by atoms with van der Waals surface area (Å²) in [5.41, 5.74) is 0. The highest BCUT2D eigenvalue weighted by Gasteiger charge is 2.03. The molecule has 1 aromatic rings. The highest BCUT2D eigenvalue weighted by Crippen LogP contribution is 1.97. The first-order valence-corrected chi connectivity index (χ1v) is 5.39. The van der Waals surface area contributed by atoms with E-state index in [0.717, 1.165) is 37.5 Å². The molecule has 80 valence electrons. The van der Waals surface area contributed by atoms with Gasteiger partial charge in [0.25, 0.3) is 0 Å². The third-order valence-corrected chi connectivity index (χ3v) is 2.28. The predicted molar refractivity (Wildman–Crippen MR) is 57.0 cm³/mol. The predicted octanol–water partition coefficient (Wildman–Crippen LogP) is 1.65. The van der Waals surface area contributed by atoms with Crippen LogP contribution in [0.25, 0.3) is 0 Å². The summed E-state index contributed by atoms with van der Waals surface area (Å²) in [6.45, 7) is 7.25. The van der Waals surface area contributed by atoms with Crippen molar-refractivity contribution in [1.29, 1.82) is 0 Å². The lowest BCUT2D eigenvalue weighted by molar-refractivity contribution is 0.523. The van der Waals surface area contributed by atoms with Crippen molar-refractivity contribution in [2.75, 3.05) is 0 Å². The van der Waals surface area contributed by atoms with Crippen molar-refractivity contribution < 1.29 is 0 Å². The molecule has 14 heavy (non-hydrogen) atoms. The smallest absolute Gasteiger partial charge is 0.150 e. The quantitative estimate of drug-likeness (QED) is 0.727. The van der Waals surface area contributed by atoms with Crippen LogP contribution < -0.4 is 5.32 Å². The first-order valence-electron chi connectivity index (χ1n) is 5.39. The van der Waals surface area contributed by atoms with Crippen molar-refractivity contribution in [3.05, 3.63) is 11.6 Å². The number of aromatic nitrogens is 3.